The Morgan fingerprint density at radius 3 is 1.16 bits per heavy atom. The molecule has 0 aliphatic rings. The molecule has 0 fully saturated rings. The van der Waals surface area contributed by atoms with Crippen LogP contribution in [0, 0.1) is 27.7 Å². The molecule has 0 radical (unpaired) electrons. The van der Waals surface area contributed by atoms with Crippen LogP contribution in [0.25, 0.3) is 33.8 Å². The van der Waals surface area contributed by atoms with Gasteiger partial charge < -0.3 is 19.3 Å². The fourth-order valence-corrected chi connectivity index (χ4v) is 8.61. The van der Waals surface area contributed by atoms with Gasteiger partial charge in [-0.05, 0) is 129 Å². The highest BCUT2D eigenvalue weighted by Gasteiger charge is 2.24. The van der Waals surface area contributed by atoms with Crippen molar-refractivity contribution in [1.82, 2.24) is 39.0 Å². The molecule has 0 bridgehead atoms. The largest absolute Gasteiger partial charge is 0.494 e. The van der Waals surface area contributed by atoms with E-state index in [2.05, 4.69) is 0 Å². The van der Waals surface area contributed by atoms with E-state index in [9.17, 15) is 9.59 Å². The predicted octanol–water partition coefficient (Wildman–Crippen LogP) is 10.5. The van der Waals surface area contributed by atoms with Gasteiger partial charge in [0.05, 0.1) is 37.4 Å². The summed E-state index contributed by atoms with van der Waals surface area (Å²) < 4.78 is 15.9. The summed E-state index contributed by atoms with van der Waals surface area (Å²) in [6, 6.07) is 20.2. The summed E-state index contributed by atoms with van der Waals surface area (Å²) in [5.74, 6) is 1.86. The number of aromatic nitrogens is 6. The monoisotopic (exact) mass is 871 g/mol. The van der Waals surface area contributed by atoms with E-state index in [0.29, 0.717) is 39.4 Å². The van der Waals surface area contributed by atoms with E-state index in [-0.39, 0.29) is 24.7 Å². The molecular formula is C52H70N8O4. The number of hydrogen-bond acceptors (Lipinski definition) is 8. The summed E-state index contributed by atoms with van der Waals surface area (Å²) in [6.07, 6.45) is 12.5. The third kappa shape index (κ3) is 12.1. The number of likely N-dealkylation sites (N-methyl/N-ethyl adjacent to an activating group) is 2. The van der Waals surface area contributed by atoms with Crippen LogP contribution in [0.2, 0.25) is 0 Å². The van der Waals surface area contributed by atoms with Crippen molar-refractivity contribution >= 4 is 23.1 Å². The average Bonchev–Trinajstić information content (AvgIpc) is 3.83. The number of ether oxygens (including phenoxy) is 2. The van der Waals surface area contributed by atoms with Gasteiger partial charge in [0.15, 0.2) is 11.3 Å². The number of rotatable bonds is 25. The van der Waals surface area contributed by atoms with Crippen molar-refractivity contribution < 1.29 is 19.1 Å². The first-order chi connectivity index (χ1) is 31.0. The van der Waals surface area contributed by atoms with Gasteiger partial charge in [0, 0.05) is 71.2 Å². The third-order valence-electron chi connectivity index (χ3n) is 12.2. The molecule has 0 aliphatic heterocycles. The van der Waals surface area contributed by atoms with Crippen LogP contribution in [0.4, 0.5) is 0 Å². The van der Waals surface area contributed by atoms with E-state index in [4.69, 9.17) is 29.6 Å². The first kappa shape index (κ1) is 47.7. The lowest BCUT2D eigenvalue weighted by atomic mass is 10.0. The molecular weight excluding hydrogens is 801 g/mol. The van der Waals surface area contributed by atoms with Gasteiger partial charge in [-0.25, -0.2) is 19.0 Å². The van der Waals surface area contributed by atoms with E-state index in [0.717, 1.165) is 92.1 Å². The second-order valence-electron chi connectivity index (χ2n) is 17.0. The molecule has 0 saturated carbocycles. The topological polar surface area (TPSA) is 119 Å². The van der Waals surface area contributed by atoms with E-state index >= 15 is 0 Å². The zero-order valence-corrected chi connectivity index (χ0v) is 39.7. The van der Waals surface area contributed by atoms with Gasteiger partial charge >= 0.3 is 0 Å². The second-order valence-corrected chi connectivity index (χ2v) is 17.0. The minimum Gasteiger partial charge on any atom is -0.494 e. The van der Waals surface area contributed by atoms with Gasteiger partial charge in [0.2, 0.25) is 11.8 Å². The van der Waals surface area contributed by atoms with E-state index in [1.807, 2.05) is 135 Å². The lowest BCUT2D eigenvalue weighted by Gasteiger charge is -2.18. The average molecular weight is 871 g/mol. The van der Waals surface area contributed by atoms with Crippen molar-refractivity contribution in [3.63, 3.8) is 0 Å². The summed E-state index contributed by atoms with van der Waals surface area (Å²) in [7, 11) is 0. The molecule has 12 nitrogen and oxygen atoms in total. The normalized spacial score (nSPS) is 11.4. The number of unbranched alkanes of at least 4 members (excludes halogenated alkanes) is 9. The first-order valence-electron chi connectivity index (χ1n) is 23.8. The fraction of sp³-hybridized carbons (Fsp3) is 0.500. The van der Waals surface area contributed by atoms with Crippen LogP contribution in [-0.2, 0) is 22.4 Å². The smallest absolute Gasteiger partial charge is 0.227 e. The summed E-state index contributed by atoms with van der Waals surface area (Å²) in [4.78, 5) is 39.7. The molecule has 2 aromatic carbocycles. The zero-order chi connectivity index (χ0) is 45.6. The van der Waals surface area contributed by atoms with E-state index in [1.54, 1.807) is 0 Å². The van der Waals surface area contributed by atoms with Crippen molar-refractivity contribution in [1.29, 1.82) is 0 Å². The number of nitrogens with zero attached hydrogens (tertiary/aromatic N) is 8. The molecule has 6 rings (SSSR count). The summed E-state index contributed by atoms with van der Waals surface area (Å²) >= 11 is 0. The van der Waals surface area contributed by atoms with Crippen LogP contribution in [0.1, 0.15) is 126 Å². The van der Waals surface area contributed by atoms with Crippen molar-refractivity contribution in [2.45, 2.75) is 132 Å². The summed E-state index contributed by atoms with van der Waals surface area (Å²) in [5, 5.41) is 9.85. The highest BCUT2D eigenvalue weighted by atomic mass is 16.5. The molecule has 4 aromatic heterocycles. The standard InChI is InChI=1S/C52H70N8O4/c1-9-57(10-2)47(61)35-45-49(55-59-39(7)33-37(5)53-51(45)59)41-23-27-43(28-24-41)63-31-21-19-17-15-13-14-16-18-20-22-32-64-44-29-25-42(26-30-44)50-46(36-48(62)58(11-3)12-4)52-54-38(6)34-40(8)60(52)56-50/h23-30,33-34H,9-22,31-32,35-36H2,1-8H3. The molecule has 64 heavy (non-hydrogen) atoms. The minimum absolute atomic E-state index is 0.0851. The maximum Gasteiger partial charge on any atom is 0.227 e. The molecule has 4 heterocycles. The number of hydrogen-bond donors (Lipinski definition) is 0. The van der Waals surface area contributed by atoms with Gasteiger partial charge in [0.1, 0.15) is 11.5 Å². The highest BCUT2D eigenvalue weighted by molar-refractivity contribution is 5.86. The Balaban J connectivity index is 0.853. The van der Waals surface area contributed by atoms with Crippen molar-refractivity contribution in [2.24, 2.45) is 0 Å². The second kappa shape index (κ2) is 23.2. The number of amides is 2. The number of benzene rings is 2. The molecule has 0 unspecified atom stereocenters. The Labute approximate surface area is 380 Å². The fourth-order valence-electron chi connectivity index (χ4n) is 8.61. The summed E-state index contributed by atoms with van der Waals surface area (Å²) in [5.41, 5.74) is 10.5. The maximum absolute atomic E-state index is 13.2. The quantitative estimate of drug-likeness (QED) is 0.0522. The van der Waals surface area contributed by atoms with E-state index < -0.39 is 0 Å². The van der Waals surface area contributed by atoms with Gasteiger partial charge in [-0.1, -0.05) is 51.4 Å². The lowest BCUT2D eigenvalue weighted by Crippen LogP contribution is -2.31. The Morgan fingerprint density at radius 2 is 0.828 bits per heavy atom. The molecule has 0 atom stereocenters. The van der Waals surface area contributed by atoms with Gasteiger partial charge in [-0.15, -0.1) is 0 Å². The molecule has 0 spiro atoms. The molecule has 2 amide bonds. The van der Waals surface area contributed by atoms with Crippen LogP contribution in [-0.4, -0.2) is 90.2 Å². The predicted molar refractivity (Wildman–Crippen MR) is 256 cm³/mol. The zero-order valence-electron chi connectivity index (χ0n) is 39.7. The molecule has 0 N–H and O–H groups in total. The van der Waals surface area contributed by atoms with Crippen molar-refractivity contribution in [3.05, 3.63) is 94.6 Å². The third-order valence-corrected chi connectivity index (χ3v) is 12.2. The Bertz CT molecular complexity index is 2280. The SMILES string of the molecule is CCN(CC)C(=O)Cc1c(-c2ccc(OCCCCCCCCCCCCOc3ccc(-c4nn5c(C)cc(C)nc5c4CC(=O)N(CC)CC)cc3)cc2)nn2c(C)cc(C)nc12. The van der Waals surface area contributed by atoms with Crippen LogP contribution >= 0.6 is 0 Å². The highest BCUT2D eigenvalue weighted by Crippen LogP contribution is 2.31. The maximum atomic E-state index is 13.2. The number of carbonyl (C=O) groups is 2. The van der Waals surface area contributed by atoms with Gasteiger partial charge in [-0.3, -0.25) is 9.59 Å². The lowest BCUT2D eigenvalue weighted by molar-refractivity contribution is -0.130. The Morgan fingerprint density at radius 1 is 0.500 bits per heavy atom. The minimum atomic E-state index is 0.0851. The van der Waals surface area contributed by atoms with Crippen LogP contribution in [0.15, 0.2) is 60.7 Å². The summed E-state index contributed by atoms with van der Waals surface area (Å²) in [6.45, 7) is 20.1. The Kier molecular flexibility index (Phi) is 17.3. The Hall–Kier alpha value is -5.78. The van der Waals surface area contributed by atoms with Crippen LogP contribution < -0.4 is 9.47 Å². The molecule has 0 saturated heterocycles. The van der Waals surface area contributed by atoms with Gasteiger partial charge in [0.25, 0.3) is 0 Å². The van der Waals surface area contributed by atoms with Gasteiger partial charge in [-0.2, -0.15) is 10.2 Å². The van der Waals surface area contributed by atoms with Crippen LogP contribution in [0.3, 0.4) is 0 Å². The molecule has 6 aromatic rings. The first-order valence-corrected chi connectivity index (χ1v) is 23.8. The van der Waals surface area contributed by atoms with Crippen molar-refractivity contribution in [3.8, 4) is 34.0 Å². The number of carbonyl (C=O) groups excluding carboxylic acids is 2. The molecule has 0 aliphatic carbocycles. The number of aryl methyl sites for hydroxylation is 4. The molecule has 342 valence electrons. The van der Waals surface area contributed by atoms with Crippen molar-refractivity contribution in [2.75, 3.05) is 39.4 Å². The molecule has 12 heteroatoms. The van der Waals surface area contributed by atoms with Crippen LogP contribution in [0.5, 0.6) is 11.5 Å². The van der Waals surface area contributed by atoms with E-state index in [1.165, 1.54) is 51.4 Å². The number of fused-ring (bicyclic) bond motifs is 2.